The third-order valence-corrected chi connectivity index (χ3v) is 2.66. The highest BCUT2D eigenvalue weighted by Crippen LogP contribution is 2.21. The highest BCUT2D eigenvalue weighted by atomic mass is 15.3. The molecule has 0 bridgehead atoms. The number of aromatic nitrogens is 4. The minimum Gasteiger partial charge on any atom is -0.383 e. The van der Waals surface area contributed by atoms with Crippen LogP contribution in [0.5, 0.6) is 0 Å². The van der Waals surface area contributed by atoms with Crippen LogP contribution in [0.1, 0.15) is 17.1 Å². The van der Waals surface area contributed by atoms with Crippen LogP contribution in [0.3, 0.4) is 0 Å². The SMILES string of the molecule is Cc1nc(N)c(C)c(Nc2cc(C)n(C)n2)n1. The van der Waals surface area contributed by atoms with Crippen molar-refractivity contribution in [2.24, 2.45) is 7.05 Å². The molecule has 0 atom stereocenters. The van der Waals surface area contributed by atoms with Gasteiger partial charge >= 0.3 is 0 Å². The van der Waals surface area contributed by atoms with Crippen LogP contribution in [-0.2, 0) is 7.05 Å². The summed E-state index contributed by atoms with van der Waals surface area (Å²) in [6.45, 7) is 5.68. The Morgan fingerprint density at radius 3 is 2.53 bits per heavy atom. The maximum atomic E-state index is 5.79. The fourth-order valence-corrected chi connectivity index (χ4v) is 1.51. The second-order valence-corrected chi connectivity index (χ2v) is 4.05. The zero-order chi connectivity index (χ0) is 12.6. The molecule has 2 aromatic rings. The number of anilines is 3. The molecule has 0 aromatic carbocycles. The number of nitrogens with two attached hydrogens (primary N) is 1. The minimum absolute atomic E-state index is 0.493. The van der Waals surface area contributed by atoms with Crippen LogP contribution in [-0.4, -0.2) is 19.7 Å². The predicted molar refractivity (Wildman–Crippen MR) is 67.1 cm³/mol. The lowest BCUT2D eigenvalue weighted by atomic mass is 10.3. The molecule has 0 spiro atoms. The van der Waals surface area contributed by atoms with Gasteiger partial charge in [-0.25, -0.2) is 9.97 Å². The number of aryl methyl sites for hydroxylation is 3. The van der Waals surface area contributed by atoms with E-state index in [0.717, 1.165) is 17.1 Å². The van der Waals surface area contributed by atoms with Gasteiger partial charge in [-0.1, -0.05) is 0 Å². The van der Waals surface area contributed by atoms with E-state index in [1.165, 1.54) is 0 Å². The predicted octanol–water partition coefficient (Wildman–Crippen LogP) is 1.46. The summed E-state index contributed by atoms with van der Waals surface area (Å²) in [4.78, 5) is 8.42. The van der Waals surface area contributed by atoms with Gasteiger partial charge in [0.05, 0.1) is 0 Å². The highest BCUT2D eigenvalue weighted by Gasteiger charge is 2.08. The lowest BCUT2D eigenvalue weighted by Gasteiger charge is -2.08. The molecule has 6 nitrogen and oxygen atoms in total. The molecule has 0 unspecified atom stereocenters. The number of nitrogens with zero attached hydrogens (tertiary/aromatic N) is 4. The van der Waals surface area contributed by atoms with E-state index < -0.39 is 0 Å². The summed E-state index contributed by atoms with van der Waals surface area (Å²) in [5.41, 5.74) is 7.70. The first-order chi connectivity index (χ1) is 7.97. The van der Waals surface area contributed by atoms with Crippen molar-refractivity contribution >= 4 is 17.5 Å². The zero-order valence-corrected chi connectivity index (χ0v) is 10.4. The summed E-state index contributed by atoms with van der Waals surface area (Å²) in [6.07, 6.45) is 0. The van der Waals surface area contributed by atoms with Gasteiger partial charge in [0.1, 0.15) is 17.5 Å². The minimum atomic E-state index is 0.493. The molecule has 6 heteroatoms. The fraction of sp³-hybridized carbons (Fsp3) is 0.364. The fourth-order valence-electron chi connectivity index (χ4n) is 1.51. The average Bonchev–Trinajstić information content (AvgIpc) is 2.54. The maximum Gasteiger partial charge on any atom is 0.153 e. The van der Waals surface area contributed by atoms with Gasteiger partial charge in [0.15, 0.2) is 5.82 Å². The molecule has 0 fully saturated rings. The highest BCUT2D eigenvalue weighted by molar-refractivity contribution is 5.61. The molecule has 90 valence electrons. The van der Waals surface area contributed by atoms with Gasteiger partial charge in [-0.15, -0.1) is 0 Å². The van der Waals surface area contributed by atoms with Gasteiger partial charge in [0.25, 0.3) is 0 Å². The van der Waals surface area contributed by atoms with Crippen molar-refractivity contribution in [3.63, 3.8) is 0 Å². The molecule has 0 radical (unpaired) electrons. The summed E-state index contributed by atoms with van der Waals surface area (Å²) in [5, 5.41) is 7.46. The van der Waals surface area contributed by atoms with Crippen LogP contribution in [0.25, 0.3) is 0 Å². The number of hydrogen-bond acceptors (Lipinski definition) is 5. The van der Waals surface area contributed by atoms with Gasteiger partial charge in [-0.05, 0) is 20.8 Å². The van der Waals surface area contributed by atoms with Crippen molar-refractivity contribution < 1.29 is 0 Å². The van der Waals surface area contributed by atoms with Crippen molar-refractivity contribution in [3.8, 4) is 0 Å². The van der Waals surface area contributed by atoms with E-state index in [0.29, 0.717) is 17.5 Å². The summed E-state index contributed by atoms with van der Waals surface area (Å²) < 4.78 is 1.80. The Kier molecular flexibility index (Phi) is 2.71. The second-order valence-electron chi connectivity index (χ2n) is 4.05. The third-order valence-electron chi connectivity index (χ3n) is 2.66. The first-order valence-electron chi connectivity index (χ1n) is 5.35. The quantitative estimate of drug-likeness (QED) is 0.819. The van der Waals surface area contributed by atoms with Crippen LogP contribution in [0.4, 0.5) is 17.5 Å². The van der Waals surface area contributed by atoms with Crippen LogP contribution >= 0.6 is 0 Å². The summed E-state index contributed by atoms with van der Waals surface area (Å²) in [6, 6.07) is 1.95. The Hall–Kier alpha value is -2.11. The van der Waals surface area contributed by atoms with E-state index >= 15 is 0 Å². The van der Waals surface area contributed by atoms with Crippen LogP contribution < -0.4 is 11.1 Å². The molecule has 0 aliphatic rings. The Bertz CT molecular complexity index is 538. The van der Waals surface area contributed by atoms with Gasteiger partial charge < -0.3 is 11.1 Å². The number of hydrogen-bond donors (Lipinski definition) is 2. The van der Waals surface area contributed by atoms with Crippen LogP contribution in [0.15, 0.2) is 6.07 Å². The molecule has 0 aliphatic heterocycles. The largest absolute Gasteiger partial charge is 0.383 e. The van der Waals surface area contributed by atoms with Crippen molar-refractivity contribution in [2.75, 3.05) is 11.1 Å². The third kappa shape index (κ3) is 2.20. The Balaban J connectivity index is 2.36. The molecule has 3 N–H and O–H groups in total. The summed E-state index contributed by atoms with van der Waals surface area (Å²) >= 11 is 0. The van der Waals surface area contributed by atoms with E-state index in [-0.39, 0.29) is 0 Å². The summed E-state index contributed by atoms with van der Waals surface area (Å²) in [5.74, 6) is 2.59. The van der Waals surface area contributed by atoms with Crippen molar-refractivity contribution in [1.82, 2.24) is 19.7 Å². The molecular formula is C11H16N6. The molecule has 0 saturated carbocycles. The van der Waals surface area contributed by atoms with Gasteiger partial charge in [0.2, 0.25) is 0 Å². The monoisotopic (exact) mass is 232 g/mol. The van der Waals surface area contributed by atoms with Gasteiger partial charge in [0, 0.05) is 24.4 Å². The lowest BCUT2D eigenvalue weighted by Crippen LogP contribution is -2.05. The Morgan fingerprint density at radius 1 is 1.24 bits per heavy atom. The normalized spacial score (nSPS) is 10.6. The topological polar surface area (TPSA) is 81.6 Å². The molecule has 0 saturated heterocycles. The van der Waals surface area contributed by atoms with Gasteiger partial charge in [-0.3, -0.25) is 4.68 Å². The molecule has 0 aliphatic carbocycles. The first-order valence-corrected chi connectivity index (χ1v) is 5.35. The van der Waals surface area contributed by atoms with Crippen molar-refractivity contribution in [2.45, 2.75) is 20.8 Å². The lowest BCUT2D eigenvalue weighted by molar-refractivity contribution is 0.743. The number of nitrogens with one attached hydrogen (secondary N) is 1. The number of nitrogen functional groups attached to an aromatic ring is 1. The molecular weight excluding hydrogens is 216 g/mol. The Labute approximate surface area is 99.9 Å². The van der Waals surface area contributed by atoms with E-state index in [4.69, 9.17) is 5.73 Å². The molecule has 2 heterocycles. The van der Waals surface area contributed by atoms with Crippen molar-refractivity contribution in [3.05, 3.63) is 23.1 Å². The van der Waals surface area contributed by atoms with Crippen molar-refractivity contribution in [1.29, 1.82) is 0 Å². The molecule has 17 heavy (non-hydrogen) atoms. The standard InChI is InChI=1S/C11H16N6/c1-6-5-9(16-17(6)4)15-11-7(2)10(12)13-8(3)14-11/h5H,1-4H3,(H3,12,13,14,15,16). The van der Waals surface area contributed by atoms with Crippen LogP contribution in [0, 0.1) is 20.8 Å². The van der Waals surface area contributed by atoms with Gasteiger partial charge in [-0.2, -0.15) is 5.10 Å². The zero-order valence-electron chi connectivity index (χ0n) is 10.4. The van der Waals surface area contributed by atoms with E-state index in [1.807, 2.05) is 33.9 Å². The smallest absolute Gasteiger partial charge is 0.153 e. The molecule has 2 rings (SSSR count). The van der Waals surface area contributed by atoms with E-state index in [1.54, 1.807) is 4.68 Å². The summed E-state index contributed by atoms with van der Waals surface area (Å²) in [7, 11) is 1.90. The van der Waals surface area contributed by atoms with E-state index in [2.05, 4.69) is 20.4 Å². The number of rotatable bonds is 2. The van der Waals surface area contributed by atoms with Crippen LogP contribution in [0.2, 0.25) is 0 Å². The first kappa shape index (κ1) is 11.4. The maximum absolute atomic E-state index is 5.79. The second kappa shape index (κ2) is 4.04. The average molecular weight is 232 g/mol. The molecule has 2 aromatic heterocycles. The Morgan fingerprint density at radius 2 is 1.94 bits per heavy atom. The molecule has 0 amide bonds. The van der Waals surface area contributed by atoms with E-state index in [9.17, 15) is 0 Å².